The van der Waals surface area contributed by atoms with Crippen molar-refractivity contribution in [2.24, 2.45) is 0 Å². The van der Waals surface area contributed by atoms with Gasteiger partial charge in [0, 0.05) is 17.6 Å². The SMILES string of the molecule is Cl.Fc1ccccc1COC1CC2CCCC(C1)N2. The van der Waals surface area contributed by atoms with Gasteiger partial charge >= 0.3 is 0 Å². The summed E-state index contributed by atoms with van der Waals surface area (Å²) >= 11 is 0. The summed E-state index contributed by atoms with van der Waals surface area (Å²) in [6, 6.07) is 8.10. The zero-order chi connectivity index (χ0) is 12.4. The average Bonchev–Trinajstić information content (AvgIpc) is 2.37. The van der Waals surface area contributed by atoms with Gasteiger partial charge in [0.25, 0.3) is 0 Å². The predicted octanol–water partition coefficient (Wildman–Crippen LogP) is 3.44. The van der Waals surface area contributed by atoms with Crippen molar-refractivity contribution in [3.05, 3.63) is 35.6 Å². The van der Waals surface area contributed by atoms with Crippen LogP contribution in [-0.2, 0) is 11.3 Å². The number of nitrogens with one attached hydrogen (secondary N) is 1. The normalized spacial score (nSPS) is 29.6. The lowest BCUT2D eigenvalue weighted by atomic mass is 9.85. The van der Waals surface area contributed by atoms with Gasteiger partial charge in [0.15, 0.2) is 0 Å². The van der Waals surface area contributed by atoms with Crippen LogP contribution in [0.1, 0.15) is 37.7 Å². The van der Waals surface area contributed by atoms with Crippen LogP contribution in [0.5, 0.6) is 0 Å². The fourth-order valence-corrected chi connectivity index (χ4v) is 3.17. The number of rotatable bonds is 3. The zero-order valence-electron chi connectivity index (χ0n) is 11.0. The van der Waals surface area contributed by atoms with E-state index in [-0.39, 0.29) is 18.2 Å². The van der Waals surface area contributed by atoms with Gasteiger partial charge in [-0.05, 0) is 31.7 Å². The van der Waals surface area contributed by atoms with Crippen LogP contribution in [0.2, 0.25) is 0 Å². The standard InChI is InChI=1S/C15H20FNO.ClH/c16-15-7-2-1-4-11(15)10-18-14-8-12-5-3-6-13(9-14)17-12;/h1-2,4,7,12-14,17H,3,5-6,8-10H2;1H. The molecule has 2 unspecified atom stereocenters. The molecule has 2 saturated heterocycles. The minimum absolute atomic E-state index is 0. The van der Waals surface area contributed by atoms with Crippen LogP contribution in [0, 0.1) is 5.82 Å². The maximum atomic E-state index is 13.5. The summed E-state index contributed by atoms with van der Waals surface area (Å²) in [4.78, 5) is 0. The molecule has 2 nitrogen and oxygen atoms in total. The summed E-state index contributed by atoms with van der Waals surface area (Å²) < 4.78 is 19.4. The lowest BCUT2D eigenvalue weighted by molar-refractivity contribution is -0.0106. The van der Waals surface area contributed by atoms with Crippen molar-refractivity contribution in [1.29, 1.82) is 0 Å². The van der Waals surface area contributed by atoms with Crippen LogP contribution < -0.4 is 5.32 Å². The number of halogens is 2. The van der Waals surface area contributed by atoms with Crippen LogP contribution in [0.15, 0.2) is 24.3 Å². The molecule has 0 radical (unpaired) electrons. The summed E-state index contributed by atoms with van der Waals surface area (Å²) in [5.74, 6) is -0.161. The van der Waals surface area contributed by atoms with Gasteiger partial charge in [-0.1, -0.05) is 24.6 Å². The third-order valence-corrected chi connectivity index (χ3v) is 4.10. The first-order chi connectivity index (χ1) is 8.81. The number of fused-ring (bicyclic) bond motifs is 2. The van der Waals surface area contributed by atoms with E-state index in [0.29, 0.717) is 30.4 Å². The van der Waals surface area contributed by atoms with E-state index in [2.05, 4.69) is 5.32 Å². The highest BCUT2D eigenvalue weighted by molar-refractivity contribution is 5.85. The molecular formula is C15H21ClFNO. The van der Waals surface area contributed by atoms with Crippen molar-refractivity contribution in [2.75, 3.05) is 0 Å². The van der Waals surface area contributed by atoms with Gasteiger partial charge in [0.1, 0.15) is 5.82 Å². The predicted molar refractivity (Wildman–Crippen MR) is 76.0 cm³/mol. The van der Waals surface area contributed by atoms with Gasteiger partial charge in [-0.25, -0.2) is 4.39 Å². The minimum atomic E-state index is -0.161. The Morgan fingerprint density at radius 3 is 2.53 bits per heavy atom. The van der Waals surface area contributed by atoms with Crippen molar-refractivity contribution in [2.45, 2.75) is 56.9 Å². The summed E-state index contributed by atoms with van der Waals surface area (Å²) in [6.45, 7) is 0.400. The quantitative estimate of drug-likeness (QED) is 0.919. The Bertz CT molecular complexity index is 403. The number of piperidine rings is 2. The van der Waals surface area contributed by atoms with Crippen molar-refractivity contribution in [1.82, 2.24) is 5.32 Å². The molecule has 2 bridgehead atoms. The molecule has 19 heavy (non-hydrogen) atoms. The van der Waals surface area contributed by atoms with E-state index >= 15 is 0 Å². The van der Waals surface area contributed by atoms with Gasteiger partial charge in [0.05, 0.1) is 12.7 Å². The van der Waals surface area contributed by atoms with Crippen molar-refractivity contribution in [3.8, 4) is 0 Å². The van der Waals surface area contributed by atoms with Crippen molar-refractivity contribution in [3.63, 3.8) is 0 Å². The Morgan fingerprint density at radius 1 is 1.16 bits per heavy atom. The zero-order valence-corrected chi connectivity index (χ0v) is 11.8. The Balaban J connectivity index is 0.00000133. The molecule has 1 N–H and O–H groups in total. The first-order valence-corrected chi connectivity index (χ1v) is 6.92. The maximum absolute atomic E-state index is 13.5. The first-order valence-electron chi connectivity index (χ1n) is 6.92. The molecular weight excluding hydrogens is 265 g/mol. The Labute approximate surface area is 120 Å². The molecule has 3 rings (SSSR count). The smallest absolute Gasteiger partial charge is 0.128 e. The third-order valence-electron chi connectivity index (χ3n) is 4.10. The van der Waals surface area contributed by atoms with E-state index in [0.717, 1.165) is 12.8 Å². The van der Waals surface area contributed by atoms with Crippen LogP contribution >= 0.6 is 12.4 Å². The Kier molecular flexibility index (Phi) is 5.20. The van der Waals surface area contributed by atoms with Gasteiger partial charge in [0.2, 0.25) is 0 Å². The van der Waals surface area contributed by atoms with E-state index in [4.69, 9.17) is 4.74 Å². The number of benzene rings is 1. The molecule has 0 aliphatic carbocycles. The molecule has 2 fully saturated rings. The summed E-state index contributed by atoms with van der Waals surface area (Å²) in [7, 11) is 0. The average molecular weight is 286 g/mol. The number of ether oxygens (including phenoxy) is 1. The second-order valence-electron chi connectivity index (χ2n) is 5.49. The fourth-order valence-electron chi connectivity index (χ4n) is 3.17. The minimum Gasteiger partial charge on any atom is -0.373 e. The highest BCUT2D eigenvalue weighted by Gasteiger charge is 2.31. The largest absolute Gasteiger partial charge is 0.373 e. The highest BCUT2D eigenvalue weighted by atomic mass is 35.5. The molecule has 1 aromatic rings. The van der Waals surface area contributed by atoms with E-state index in [1.807, 2.05) is 6.07 Å². The maximum Gasteiger partial charge on any atom is 0.128 e. The van der Waals surface area contributed by atoms with Crippen molar-refractivity contribution < 1.29 is 9.13 Å². The molecule has 106 valence electrons. The summed E-state index contributed by atoms with van der Waals surface area (Å²) in [5, 5.41) is 3.64. The molecule has 2 aliphatic rings. The summed E-state index contributed by atoms with van der Waals surface area (Å²) in [5.41, 5.74) is 0.668. The molecule has 0 amide bonds. The lowest BCUT2D eigenvalue weighted by Gasteiger charge is -2.40. The molecule has 0 spiro atoms. The van der Waals surface area contributed by atoms with Gasteiger partial charge < -0.3 is 10.1 Å². The molecule has 4 heteroatoms. The van der Waals surface area contributed by atoms with Crippen LogP contribution in [0.25, 0.3) is 0 Å². The highest BCUT2D eigenvalue weighted by Crippen LogP contribution is 2.28. The molecule has 2 heterocycles. The Morgan fingerprint density at radius 2 is 1.84 bits per heavy atom. The van der Waals surface area contributed by atoms with Crippen LogP contribution in [-0.4, -0.2) is 18.2 Å². The van der Waals surface area contributed by atoms with Crippen molar-refractivity contribution >= 4 is 12.4 Å². The monoisotopic (exact) mass is 285 g/mol. The number of hydrogen-bond donors (Lipinski definition) is 1. The number of hydrogen-bond acceptors (Lipinski definition) is 2. The topological polar surface area (TPSA) is 21.3 Å². The van der Waals surface area contributed by atoms with E-state index < -0.39 is 0 Å². The van der Waals surface area contributed by atoms with E-state index in [9.17, 15) is 4.39 Å². The van der Waals surface area contributed by atoms with Crippen LogP contribution in [0.4, 0.5) is 4.39 Å². The molecule has 0 saturated carbocycles. The van der Waals surface area contributed by atoms with E-state index in [1.165, 1.54) is 25.3 Å². The molecule has 2 aliphatic heterocycles. The second kappa shape index (κ2) is 6.69. The van der Waals surface area contributed by atoms with Gasteiger partial charge in [-0.15, -0.1) is 12.4 Å². The molecule has 2 atom stereocenters. The fraction of sp³-hybridized carbons (Fsp3) is 0.600. The molecule has 0 aromatic heterocycles. The second-order valence-corrected chi connectivity index (χ2v) is 5.49. The van der Waals surface area contributed by atoms with Gasteiger partial charge in [-0.2, -0.15) is 0 Å². The first kappa shape index (κ1) is 14.8. The summed E-state index contributed by atoms with van der Waals surface area (Å²) in [6.07, 6.45) is 6.30. The lowest BCUT2D eigenvalue weighted by Crippen LogP contribution is -2.50. The third kappa shape index (κ3) is 3.68. The van der Waals surface area contributed by atoms with E-state index in [1.54, 1.807) is 12.1 Å². The van der Waals surface area contributed by atoms with Gasteiger partial charge in [-0.3, -0.25) is 0 Å². The van der Waals surface area contributed by atoms with Crippen LogP contribution in [0.3, 0.4) is 0 Å². The Hall–Kier alpha value is -0.640. The molecule has 1 aromatic carbocycles.